The van der Waals surface area contributed by atoms with E-state index in [9.17, 15) is 8.42 Å². The molecule has 2 aliphatic heterocycles. The normalized spacial score (nSPS) is 23.5. The Bertz CT molecular complexity index is 657. The van der Waals surface area contributed by atoms with E-state index in [0.29, 0.717) is 38.6 Å². The second kappa shape index (κ2) is 8.78. The van der Waals surface area contributed by atoms with Gasteiger partial charge in [0.2, 0.25) is 10.0 Å². The fourth-order valence-electron chi connectivity index (χ4n) is 4.17. The summed E-state index contributed by atoms with van der Waals surface area (Å²) in [7, 11) is -3.10. The molecule has 0 bridgehead atoms. The summed E-state index contributed by atoms with van der Waals surface area (Å²) in [5, 5.41) is 0. The molecule has 7 heteroatoms. The Morgan fingerprint density at radius 2 is 2.04 bits per heavy atom. The van der Waals surface area contributed by atoms with Crippen molar-refractivity contribution in [2.75, 3.05) is 32.1 Å². The molecule has 26 heavy (non-hydrogen) atoms. The summed E-state index contributed by atoms with van der Waals surface area (Å²) in [5.41, 5.74) is 0.977. The molecule has 1 unspecified atom stereocenters. The standard InChI is InChI=1S/C19H30N2O4S/c1-2-15-26(22,23)21-11-7-19(8-12-21)18(6-14-25-19)5-13-24-16-17-3-9-20-10-4-17/h3-4,9-10,18H,2,5-8,11-16H2,1H3. The van der Waals surface area contributed by atoms with E-state index in [2.05, 4.69) is 4.98 Å². The van der Waals surface area contributed by atoms with Crippen molar-refractivity contribution >= 4 is 10.0 Å². The minimum Gasteiger partial charge on any atom is -0.377 e. The molecule has 3 heterocycles. The van der Waals surface area contributed by atoms with E-state index in [0.717, 1.165) is 37.9 Å². The van der Waals surface area contributed by atoms with Gasteiger partial charge in [-0.2, -0.15) is 0 Å². The lowest BCUT2D eigenvalue weighted by Gasteiger charge is -2.41. The highest BCUT2D eigenvalue weighted by molar-refractivity contribution is 7.89. The number of hydrogen-bond donors (Lipinski definition) is 0. The van der Waals surface area contributed by atoms with Gasteiger partial charge < -0.3 is 9.47 Å². The number of sulfonamides is 1. The quantitative estimate of drug-likeness (QED) is 0.647. The van der Waals surface area contributed by atoms with Gasteiger partial charge in [-0.05, 0) is 55.7 Å². The van der Waals surface area contributed by atoms with Gasteiger partial charge in [0, 0.05) is 38.7 Å². The van der Waals surface area contributed by atoms with Gasteiger partial charge in [0.15, 0.2) is 0 Å². The van der Waals surface area contributed by atoms with E-state index >= 15 is 0 Å². The monoisotopic (exact) mass is 382 g/mol. The highest BCUT2D eigenvalue weighted by Gasteiger charge is 2.47. The van der Waals surface area contributed by atoms with Gasteiger partial charge in [-0.1, -0.05) is 6.92 Å². The third-order valence-electron chi connectivity index (χ3n) is 5.65. The zero-order chi connectivity index (χ0) is 18.5. The predicted octanol–water partition coefficient (Wildman–Crippen LogP) is 2.60. The first-order valence-corrected chi connectivity index (χ1v) is 11.2. The molecule has 0 amide bonds. The number of piperidine rings is 1. The number of nitrogens with zero attached hydrogens (tertiary/aromatic N) is 2. The highest BCUT2D eigenvalue weighted by Crippen LogP contribution is 2.42. The van der Waals surface area contributed by atoms with Crippen molar-refractivity contribution in [3.8, 4) is 0 Å². The van der Waals surface area contributed by atoms with Crippen LogP contribution in [0.5, 0.6) is 0 Å². The molecular weight excluding hydrogens is 352 g/mol. The number of aromatic nitrogens is 1. The van der Waals surface area contributed by atoms with E-state index < -0.39 is 10.0 Å². The van der Waals surface area contributed by atoms with Crippen molar-refractivity contribution in [3.63, 3.8) is 0 Å². The molecule has 0 aliphatic carbocycles. The van der Waals surface area contributed by atoms with Gasteiger partial charge in [-0.3, -0.25) is 4.98 Å². The van der Waals surface area contributed by atoms with Crippen LogP contribution in [0, 0.1) is 5.92 Å². The van der Waals surface area contributed by atoms with Crippen LogP contribution in [0.2, 0.25) is 0 Å². The third kappa shape index (κ3) is 4.63. The maximum Gasteiger partial charge on any atom is 0.214 e. The summed E-state index contributed by atoms with van der Waals surface area (Å²) in [6, 6.07) is 3.93. The van der Waals surface area contributed by atoms with Crippen LogP contribution in [0.1, 0.15) is 44.6 Å². The second-order valence-corrected chi connectivity index (χ2v) is 9.40. The van der Waals surface area contributed by atoms with Crippen molar-refractivity contribution in [1.82, 2.24) is 9.29 Å². The van der Waals surface area contributed by atoms with Crippen molar-refractivity contribution in [2.24, 2.45) is 5.92 Å². The van der Waals surface area contributed by atoms with Crippen LogP contribution in [0.15, 0.2) is 24.5 Å². The zero-order valence-electron chi connectivity index (χ0n) is 15.6. The van der Waals surface area contributed by atoms with Gasteiger partial charge in [-0.15, -0.1) is 0 Å². The van der Waals surface area contributed by atoms with Gasteiger partial charge >= 0.3 is 0 Å². The average Bonchev–Trinajstić information content (AvgIpc) is 3.02. The van der Waals surface area contributed by atoms with Crippen LogP contribution in [-0.4, -0.2) is 55.4 Å². The van der Waals surface area contributed by atoms with Crippen molar-refractivity contribution < 1.29 is 17.9 Å². The fourth-order valence-corrected chi connectivity index (χ4v) is 5.68. The summed E-state index contributed by atoms with van der Waals surface area (Å²) in [6.07, 6.45) is 7.82. The molecule has 2 fully saturated rings. The lowest BCUT2D eigenvalue weighted by Crippen LogP contribution is -2.50. The molecule has 1 atom stereocenters. The van der Waals surface area contributed by atoms with Crippen LogP contribution in [0.25, 0.3) is 0 Å². The Labute approximate surface area is 156 Å². The topological polar surface area (TPSA) is 68.7 Å². The molecule has 1 spiro atoms. The van der Waals surface area contributed by atoms with Gasteiger partial charge in [0.05, 0.1) is 18.0 Å². The van der Waals surface area contributed by atoms with Gasteiger partial charge in [-0.25, -0.2) is 12.7 Å². The van der Waals surface area contributed by atoms with E-state index in [1.54, 1.807) is 16.7 Å². The Balaban J connectivity index is 1.47. The average molecular weight is 383 g/mol. The number of rotatable bonds is 8. The zero-order valence-corrected chi connectivity index (χ0v) is 16.4. The van der Waals surface area contributed by atoms with Crippen LogP contribution >= 0.6 is 0 Å². The first-order chi connectivity index (χ1) is 12.6. The van der Waals surface area contributed by atoms with Gasteiger partial charge in [0.25, 0.3) is 0 Å². The molecule has 0 saturated carbocycles. The molecule has 1 aromatic heterocycles. The van der Waals surface area contributed by atoms with Crippen LogP contribution < -0.4 is 0 Å². The Hall–Kier alpha value is -1.02. The summed E-state index contributed by atoms with van der Waals surface area (Å²) in [6.45, 7) is 5.15. The first-order valence-electron chi connectivity index (χ1n) is 9.64. The molecule has 1 aromatic rings. The van der Waals surface area contributed by atoms with Crippen molar-refractivity contribution in [1.29, 1.82) is 0 Å². The van der Waals surface area contributed by atoms with E-state index in [1.165, 1.54) is 0 Å². The smallest absolute Gasteiger partial charge is 0.214 e. The summed E-state index contributed by atoms with van der Waals surface area (Å²) in [5.74, 6) is 0.698. The maximum atomic E-state index is 12.3. The second-order valence-electron chi connectivity index (χ2n) is 7.31. The first kappa shape index (κ1) is 19.7. The maximum absolute atomic E-state index is 12.3. The molecule has 2 saturated heterocycles. The minimum atomic E-state index is -3.10. The molecule has 146 valence electrons. The third-order valence-corrected chi connectivity index (χ3v) is 7.73. The van der Waals surface area contributed by atoms with Crippen molar-refractivity contribution in [2.45, 2.75) is 51.2 Å². The van der Waals surface area contributed by atoms with E-state index in [4.69, 9.17) is 9.47 Å². The Morgan fingerprint density at radius 3 is 2.73 bits per heavy atom. The summed E-state index contributed by atoms with van der Waals surface area (Å²) >= 11 is 0. The Morgan fingerprint density at radius 1 is 1.31 bits per heavy atom. The minimum absolute atomic E-state index is 0.155. The SMILES string of the molecule is CCCS(=O)(=O)N1CCC2(CC1)OCCC2CCOCc1ccncc1. The Kier molecular flexibility index (Phi) is 6.66. The van der Waals surface area contributed by atoms with Crippen LogP contribution in [0.4, 0.5) is 0 Å². The molecule has 3 rings (SSSR count). The van der Waals surface area contributed by atoms with E-state index in [-0.39, 0.29) is 11.4 Å². The summed E-state index contributed by atoms with van der Waals surface area (Å²) in [4.78, 5) is 4.01. The highest BCUT2D eigenvalue weighted by atomic mass is 32.2. The van der Waals surface area contributed by atoms with Gasteiger partial charge in [0.1, 0.15) is 0 Å². The van der Waals surface area contributed by atoms with Crippen LogP contribution in [-0.2, 0) is 26.1 Å². The molecule has 0 N–H and O–H groups in total. The molecule has 6 nitrogen and oxygen atoms in total. The number of pyridine rings is 1. The predicted molar refractivity (Wildman–Crippen MR) is 100 cm³/mol. The lowest BCUT2D eigenvalue weighted by atomic mass is 9.78. The van der Waals surface area contributed by atoms with Crippen molar-refractivity contribution in [3.05, 3.63) is 30.1 Å². The molecule has 2 aliphatic rings. The lowest BCUT2D eigenvalue weighted by molar-refractivity contribution is -0.0618. The summed E-state index contributed by atoms with van der Waals surface area (Å²) < 4.78 is 38.2. The number of ether oxygens (including phenoxy) is 2. The largest absolute Gasteiger partial charge is 0.377 e. The van der Waals surface area contributed by atoms with E-state index in [1.807, 2.05) is 19.1 Å². The number of hydrogen-bond acceptors (Lipinski definition) is 5. The molecular formula is C19H30N2O4S. The molecule has 0 radical (unpaired) electrons. The molecule has 0 aromatic carbocycles. The fraction of sp³-hybridized carbons (Fsp3) is 0.737. The van der Waals surface area contributed by atoms with Crippen LogP contribution in [0.3, 0.4) is 0 Å².